The summed E-state index contributed by atoms with van der Waals surface area (Å²) in [4.78, 5) is 4.25. The topological polar surface area (TPSA) is 41.6 Å². The molecular formula is C15H18ClN3. The van der Waals surface area contributed by atoms with Gasteiger partial charge in [0.15, 0.2) is 5.82 Å². The molecule has 0 saturated carbocycles. The van der Waals surface area contributed by atoms with Gasteiger partial charge in [-0.3, -0.25) is 5.10 Å². The van der Waals surface area contributed by atoms with Crippen molar-refractivity contribution in [1.29, 1.82) is 0 Å². The van der Waals surface area contributed by atoms with Crippen LogP contribution < -0.4 is 0 Å². The minimum atomic E-state index is 0.186. The highest BCUT2D eigenvalue weighted by Gasteiger charge is 2.16. The molecule has 1 N–H and O–H groups in total. The summed E-state index contributed by atoms with van der Waals surface area (Å²) in [5.74, 6) is 0.824. The summed E-state index contributed by atoms with van der Waals surface area (Å²) in [7, 11) is 0. The van der Waals surface area contributed by atoms with Gasteiger partial charge < -0.3 is 0 Å². The second kappa shape index (κ2) is 5.57. The number of hydrogen-bond acceptors (Lipinski definition) is 2. The Morgan fingerprint density at radius 2 is 1.95 bits per heavy atom. The van der Waals surface area contributed by atoms with E-state index in [0.717, 1.165) is 28.4 Å². The van der Waals surface area contributed by atoms with E-state index < -0.39 is 0 Å². The fourth-order valence-electron chi connectivity index (χ4n) is 1.89. The van der Waals surface area contributed by atoms with Gasteiger partial charge in [-0.15, -0.1) is 0 Å². The van der Waals surface area contributed by atoms with Crippen molar-refractivity contribution >= 4 is 23.3 Å². The van der Waals surface area contributed by atoms with E-state index in [2.05, 4.69) is 42.0 Å². The number of allylic oxidation sites excluding steroid dienone is 1. The molecule has 2 aromatic rings. The quantitative estimate of drug-likeness (QED) is 0.900. The van der Waals surface area contributed by atoms with E-state index >= 15 is 0 Å². The molecule has 0 unspecified atom stereocenters. The highest BCUT2D eigenvalue weighted by atomic mass is 35.5. The van der Waals surface area contributed by atoms with Crippen molar-refractivity contribution in [2.75, 3.05) is 0 Å². The number of rotatable bonds is 3. The van der Waals surface area contributed by atoms with Gasteiger partial charge in [-0.25, -0.2) is 4.98 Å². The lowest BCUT2D eigenvalue weighted by atomic mass is 9.87. The van der Waals surface area contributed by atoms with Crippen LogP contribution in [0.4, 0.5) is 0 Å². The lowest BCUT2D eigenvalue weighted by Gasteiger charge is -2.19. The minimum absolute atomic E-state index is 0.186. The molecule has 4 heteroatoms. The normalized spacial score (nSPS) is 12.7. The Balaban J connectivity index is 2.34. The number of aromatic amines is 1. The summed E-state index contributed by atoms with van der Waals surface area (Å²) >= 11 is 5.91. The third kappa shape index (κ3) is 4.21. The summed E-state index contributed by atoms with van der Waals surface area (Å²) in [6.07, 6.45) is 4.58. The van der Waals surface area contributed by atoms with Crippen molar-refractivity contribution in [2.45, 2.75) is 27.2 Å². The second-order valence-corrected chi connectivity index (χ2v) is 6.23. The van der Waals surface area contributed by atoms with Crippen molar-refractivity contribution in [1.82, 2.24) is 15.2 Å². The Kier molecular flexibility index (Phi) is 4.05. The van der Waals surface area contributed by atoms with E-state index in [-0.39, 0.29) is 5.41 Å². The van der Waals surface area contributed by atoms with Crippen molar-refractivity contribution < 1.29 is 0 Å². The maximum atomic E-state index is 5.91. The Bertz CT molecular complexity index is 548. The molecule has 0 aliphatic carbocycles. The number of nitrogens with zero attached hydrogens (tertiary/aromatic N) is 2. The van der Waals surface area contributed by atoms with Crippen LogP contribution in [0.2, 0.25) is 5.02 Å². The van der Waals surface area contributed by atoms with Crippen molar-refractivity contribution in [2.24, 2.45) is 5.41 Å². The maximum absolute atomic E-state index is 5.91. The molecule has 0 bridgehead atoms. The van der Waals surface area contributed by atoms with Gasteiger partial charge in [-0.05, 0) is 41.2 Å². The SMILES string of the molecule is CC(C)(C)CC(=Cc1ccc(Cl)cc1)c1ncn[nH]1. The zero-order valence-corrected chi connectivity index (χ0v) is 12.2. The molecule has 100 valence electrons. The number of aromatic nitrogens is 3. The number of nitrogens with one attached hydrogen (secondary N) is 1. The van der Waals surface area contributed by atoms with E-state index in [1.807, 2.05) is 24.3 Å². The van der Waals surface area contributed by atoms with Crippen LogP contribution in [0.3, 0.4) is 0 Å². The first-order valence-electron chi connectivity index (χ1n) is 6.26. The van der Waals surface area contributed by atoms with Crippen LogP contribution in [0.5, 0.6) is 0 Å². The van der Waals surface area contributed by atoms with Gasteiger partial charge >= 0.3 is 0 Å². The molecule has 0 spiro atoms. The van der Waals surface area contributed by atoms with Crippen molar-refractivity contribution in [3.63, 3.8) is 0 Å². The Morgan fingerprint density at radius 1 is 1.26 bits per heavy atom. The highest BCUT2D eigenvalue weighted by molar-refractivity contribution is 6.30. The fourth-order valence-corrected chi connectivity index (χ4v) is 2.02. The predicted octanol–water partition coefficient (Wildman–Crippen LogP) is 4.43. The van der Waals surface area contributed by atoms with Gasteiger partial charge in [0.1, 0.15) is 6.33 Å². The second-order valence-electron chi connectivity index (χ2n) is 5.79. The summed E-state index contributed by atoms with van der Waals surface area (Å²) in [5.41, 5.74) is 2.44. The Hall–Kier alpha value is -1.61. The third-order valence-corrected chi connectivity index (χ3v) is 2.90. The first-order chi connectivity index (χ1) is 8.94. The zero-order valence-electron chi connectivity index (χ0n) is 11.4. The summed E-state index contributed by atoms with van der Waals surface area (Å²) in [6.45, 7) is 6.62. The number of halogens is 1. The van der Waals surface area contributed by atoms with Crippen LogP contribution >= 0.6 is 11.6 Å². The minimum Gasteiger partial charge on any atom is -0.260 e. The molecule has 1 aromatic carbocycles. The fraction of sp³-hybridized carbons (Fsp3) is 0.333. The number of H-pyrrole nitrogens is 1. The molecule has 0 aliphatic rings. The standard InChI is InChI=1S/C15H18ClN3/c1-15(2,3)9-12(14-17-10-18-19-14)8-11-4-6-13(16)7-5-11/h4-8,10H,9H2,1-3H3,(H,17,18,19). The zero-order chi connectivity index (χ0) is 13.9. The molecule has 0 fully saturated rings. The van der Waals surface area contributed by atoms with Gasteiger partial charge in [0.25, 0.3) is 0 Å². The van der Waals surface area contributed by atoms with Crippen LogP contribution in [0.25, 0.3) is 11.6 Å². The van der Waals surface area contributed by atoms with Crippen LogP contribution in [0.1, 0.15) is 38.6 Å². The Labute approximate surface area is 118 Å². The van der Waals surface area contributed by atoms with E-state index in [0.29, 0.717) is 0 Å². The van der Waals surface area contributed by atoms with Crippen LogP contribution in [0.15, 0.2) is 30.6 Å². The van der Waals surface area contributed by atoms with Gasteiger partial charge in [-0.1, -0.05) is 44.5 Å². The molecule has 2 rings (SSSR count). The maximum Gasteiger partial charge on any atom is 0.151 e. The highest BCUT2D eigenvalue weighted by Crippen LogP contribution is 2.30. The lowest BCUT2D eigenvalue weighted by Crippen LogP contribution is -2.06. The van der Waals surface area contributed by atoms with E-state index in [1.54, 1.807) is 0 Å². The molecular weight excluding hydrogens is 258 g/mol. The average Bonchev–Trinajstić information content (AvgIpc) is 2.83. The smallest absolute Gasteiger partial charge is 0.151 e. The van der Waals surface area contributed by atoms with Crippen LogP contribution in [0, 0.1) is 5.41 Å². The molecule has 1 aromatic heterocycles. The molecule has 0 aliphatic heterocycles. The van der Waals surface area contributed by atoms with E-state index in [4.69, 9.17) is 11.6 Å². The number of hydrogen-bond donors (Lipinski definition) is 1. The first kappa shape index (κ1) is 13.8. The molecule has 3 nitrogen and oxygen atoms in total. The monoisotopic (exact) mass is 275 g/mol. The molecule has 0 saturated heterocycles. The first-order valence-corrected chi connectivity index (χ1v) is 6.64. The Morgan fingerprint density at radius 3 is 2.47 bits per heavy atom. The summed E-state index contributed by atoms with van der Waals surface area (Å²) in [5, 5.41) is 7.61. The van der Waals surface area contributed by atoms with Crippen LogP contribution in [-0.4, -0.2) is 15.2 Å². The average molecular weight is 276 g/mol. The predicted molar refractivity (Wildman–Crippen MR) is 79.8 cm³/mol. The summed E-state index contributed by atoms with van der Waals surface area (Å²) in [6, 6.07) is 7.79. The summed E-state index contributed by atoms with van der Waals surface area (Å²) < 4.78 is 0. The van der Waals surface area contributed by atoms with Gasteiger partial charge in [-0.2, -0.15) is 5.10 Å². The molecule has 0 radical (unpaired) electrons. The number of benzene rings is 1. The molecule has 1 heterocycles. The van der Waals surface area contributed by atoms with Crippen molar-refractivity contribution in [3.8, 4) is 0 Å². The lowest BCUT2D eigenvalue weighted by molar-refractivity contribution is 0.427. The largest absolute Gasteiger partial charge is 0.260 e. The third-order valence-electron chi connectivity index (χ3n) is 2.65. The van der Waals surface area contributed by atoms with E-state index in [1.165, 1.54) is 6.33 Å². The van der Waals surface area contributed by atoms with Crippen LogP contribution in [-0.2, 0) is 0 Å². The molecule has 0 atom stereocenters. The molecule has 19 heavy (non-hydrogen) atoms. The van der Waals surface area contributed by atoms with Gasteiger partial charge in [0.05, 0.1) is 0 Å². The van der Waals surface area contributed by atoms with Gasteiger partial charge in [0, 0.05) is 5.02 Å². The molecule has 0 amide bonds. The van der Waals surface area contributed by atoms with Gasteiger partial charge in [0.2, 0.25) is 0 Å². The van der Waals surface area contributed by atoms with E-state index in [9.17, 15) is 0 Å². The van der Waals surface area contributed by atoms with Crippen molar-refractivity contribution in [3.05, 3.63) is 47.0 Å².